The number of urea groups is 1. The molecule has 5 fully saturated rings. The number of hydrogen-bond donors (Lipinski definition) is 4. The Balaban J connectivity index is 1.10. The number of phenols is 1. The summed E-state index contributed by atoms with van der Waals surface area (Å²) in [5, 5.41) is 16.5. The van der Waals surface area contributed by atoms with E-state index in [1.807, 2.05) is 4.72 Å². The first kappa shape index (κ1) is 21.4. The number of carbonyl (C=O) groups is 2. The molecule has 4 bridgehead atoms. The Kier molecular flexibility index (Phi) is 5.22. The number of hydrogen-bond acceptors (Lipinski definition) is 5. The fourth-order valence-electron chi connectivity index (χ4n) is 6.64. The lowest BCUT2D eigenvalue weighted by Crippen LogP contribution is -2.61. The molecule has 32 heavy (non-hydrogen) atoms. The summed E-state index contributed by atoms with van der Waals surface area (Å²) in [5.74, 6) is 1.51. The molecule has 5 aliphatic rings. The molecule has 4 aliphatic carbocycles. The van der Waals surface area contributed by atoms with Crippen LogP contribution in [-0.4, -0.2) is 44.1 Å². The molecule has 0 aromatic heterocycles. The number of aromatic hydroxyl groups is 1. The Hall–Kier alpha value is -2.49. The van der Waals surface area contributed by atoms with Crippen LogP contribution < -0.4 is 19.7 Å². The Labute approximate surface area is 188 Å². The number of amides is 3. The smallest absolute Gasteiger partial charge is 0.326 e. The minimum atomic E-state index is -3.96. The van der Waals surface area contributed by atoms with E-state index in [0.717, 1.165) is 46.9 Å². The molecule has 3 amide bonds. The van der Waals surface area contributed by atoms with E-state index in [2.05, 4.69) is 10.6 Å². The SMILES string of the molecule is O=C1CN(c2ccc(CCCNC(=O)NC34CC5CC(CC(C5)C3)C4)cc2O)S(=O)(=O)N1. The van der Waals surface area contributed by atoms with Crippen molar-refractivity contribution >= 4 is 27.8 Å². The van der Waals surface area contributed by atoms with Crippen LogP contribution in [0.4, 0.5) is 10.5 Å². The molecule has 174 valence electrons. The van der Waals surface area contributed by atoms with Gasteiger partial charge in [0.1, 0.15) is 12.3 Å². The van der Waals surface area contributed by atoms with Crippen molar-refractivity contribution in [3.8, 4) is 5.75 Å². The van der Waals surface area contributed by atoms with Crippen molar-refractivity contribution in [2.45, 2.75) is 56.9 Å². The Morgan fingerprint density at radius 2 is 1.81 bits per heavy atom. The first-order chi connectivity index (χ1) is 15.2. The van der Waals surface area contributed by atoms with Gasteiger partial charge in [-0.3, -0.25) is 4.79 Å². The first-order valence-corrected chi connectivity index (χ1v) is 12.9. The number of nitrogens with zero attached hydrogens (tertiary/aromatic N) is 1. The highest BCUT2D eigenvalue weighted by Gasteiger charge is 2.51. The number of phenolic OH excluding ortho intramolecular Hbond substituents is 1. The third kappa shape index (κ3) is 4.12. The normalized spacial score (nSPS) is 32.1. The van der Waals surface area contributed by atoms with Crippen molar-refractivity contribution in [2.75, 3.05) is 17.4 Å². The molecule has 4 saturated carbocycles. The quantitative estimate of drug-likeness (QED) is 0.479. The van der Waals surface area contributed by atoms with E-state index >= 15 is 0 Å². The standard InChI is InChI=1S/C22H30N4O5S/c27-19-9-14(3-4-18(19)26-13-20(28)25-32(26,30)31)2-1-5-23-21(29)24-22-10-15-6-16(11-22)8-17(7-15)12-22/h3-4,9,15-17,27H,1-2,5-8,10-13H2,(H,25,28)(H2,23,24,29). The van der Waals surface area contributed by atoms with Gasteiger partial charge >= 0.3 is 16.2 Å². The second kappa shape index (κ2) is 7.83. The molecule has 6 rings (SSSR count). The van der Waals surface area contributed by atoms with Gasteiger partial charge in [0.25, 0.3) is 5.91 Å². The first-order valence-electron chi connectivity index (χ1n) is 11.4. The van der Waals surface area contributed by atoms with Crippen molar-refractivity contribution in [1.82, 2.24) is 15.4 Å². The van der Waals surface area contributed by atoms with E-state index in [0.29, 0.717) is 19.4 Å². The predicted octanol–water partition coefficient (Wildman–Crippen LogP) is 1.77. The zero-order valence-corrected chi connectivity index (χ0v) is 18.8. The van der Waals surface area contributed by atoms with Gasteiger partial charge in [-0.2, -0.15) is 8.42 Å². The minimum absolute atomic E-state index is 0.00734. The third-order valence-corrected chi connectivity index (χ3v) is 8.87. The fourth-order valence-corrected chi connectivity index (χ4v) is 7.80. The largest absolute Gasteiger partial charge is 0.506 e. The Bertz CT molecular complexity index is 1010. The van der Waals surface area contributed by atoms with Crippen LogP contribution >= 0.6 is 0 Å². The van der Waals surface area contributed by atoms with Gasteiger partial charge in [-0.25, -0.2) is 13.8 Å². The highest BCUT2D eigenvalue weighted by Crippen LogP contribution is 2.55. The van der Waals surface area contributed by atoms with Crippen LogP contribution in [0.3, 0.4) is 0 Å². The molecule has 0 atom stereocenters. The molecule has 0 unspecified atom stereocenters. The zero-order valence-electron chi connectivity index (χ0n) is 18.0. The van der Waals surface area contributed by atoms with Crippen LogP contribution in [0.25, 0.3) is 0 Å². The molecule has 1 aromatic carbocycles. The third-order valence-electron chi connectivity index (χ3n) is 7.47. The molecule has 0 radical (unpaired) electrons. The Morgan fingerprint density at radius 1 is 1.16 bits per heavy atom. The van der Waals surface area contributed by atoms with Crippen LogP contribution in [0.1, 0.15) is 50.5 Å². The van der Waals surface area contributed by atoms with Crippen LogP contribution in [-0.2, 0) is 21.4 Å². The van der Waals surface area contributed by atoms with E-state index in [1.54, 1.807) is 6.07 Å². The summed E-state index contributed by atoms with van der Waals surface area (Å²) in [6.07, 6.45) is 8.67. The monoisotopic (exact) mass is 462 g/mol. The molecular formula is C22H30N4O5S. The molecule has 9 nitrogen and oxygen atoms in total. The molecule has 1 saturated heterocycles. The van der Waals surface area contributed by atoms with Gasteiger partial charge in [-0.1, -0.05) is 6.07 Å². The van der Waals surface area contributed by atoms with E-state index in [-0.39, 0.29) is 29.6 Å². The lowest BCUT2D eigenvalue weighted by molar-refractivity contribution is -0.117. The van der Waals surface area contributed by atoms with E-state index in [9.17, 15) is 23.1 Å². The van der Waals surface area contributed by atoms with Crippen molar-refractivity contribution in [3.63, 3.8) is 0 Å². The molecule has 0 spiro atoms. The van der Waals surface area contributed by atoms with E-state index < -0.39 is 16.1 Å². The fraction of sp³-hybridized carbons (Fsp3) is 0.636. The van der Waals surface area contributed by atoms with Gasteiger partial charge in [0.2, 0.25) is 0 Å². The summed E-state index contributed by atoms with van der Waals surface area (Å²) in [6, 6.07) is 4.63. The summed E-state index contributed by atoms with van der Waals surface area (Å²) in [5.41, 5.74) is 0.887. The maximum Gasteiger partial charge on any atom is 0.326 e. The van der Waals surface area contributed by atoms with Crippen LogP contribution in [0.15, 0.2) is 18.2 Å². The van der Waals surface area contributed by atoms with Gasteiger partial charge in [0.05, 0.1) is 5.69 Å². The van der Waals surface area contributed by atoms with Crippen molar-refractivity contribution in [2.24, 2.45) is 17.8 Å². The summed E-state index contributed by atoms with van der Waals surface area (Å²) in [4.78, 5) is 23.9. The lowest BCUT2D eigenvalue weighted by Gasteiger charge is -2.56. The van der Waals surface area contributed by atoms with Crippen molar-refractivity contribution in [1.29, 1.82) is 0 Å². The van der Waals surface area contributed by atoms with Gasteiger partial charge in [-0.05, 0) is 86.8 Å². The number of aryl methyl sites for hydroxylation is 1. The molecule has 10 heteroatoms. The van der Waals surface area contributed by atoms with Gasteiger partial charge in [0.15, 0.2) is 0 Å². The summed E-state index contributed by atoms with van der Waals surface area (Å²) < 4.78 is 26.6. The molecular weight excluding hydrogens is 432 g/mol. The Morgan fingerprint density at radius 3 is 2.38 bits per heavy atom. The predicted molar refractivity (Wildman–Crippen MR) is 118 cm³/mol. The van der Waals surface area contributed by atoms with E-state index in [4.69, 9.17) is 0 Å². The maximum atomic E-state index is 12.5. The van der Waals surface area contributed by atoms with Crippen molar-refractivity contribution in [3.05, 3.63) is 23.8 Å². The van der Waals surface area contributed by atoms with Crippen LogP contribution in [0.5, 0.6) is 5.75 Å². The second-order valence-electron chi connectivity index (χ2n) is 10.0. The number of rotatable bonds is 6. The zero-order chi connectivity index (χ0) is 22.5. The maximum absolute atomic E-state index is 12.5. The number of nitrogens with one attached hydrogen (secondary N) is 3. The number of benzene rings is 1. The average Bonchev–Trinajstić information content (AvgIpc) is 2.95. The molecule has 1 aromatic rings. The van der Waals surface area contributed by atoms with Crippen LogP contribution in [0, 0.1) is 17.8 Å². The number of anilines is 1. The highest BCUT2D eigenvalue weighted by atomic mass is 32.2. The van der Waals surface area contributed by atoms with Crippen LogP contribution in [0.2, 0.25) is 0 Å². The summed E-state index contributed by atoms with van der Waals surface area (Å²) in [6.45, 7) is 0.164. The molecule has 1 heterocycles. The summed E-state index contributed by atoms with van der Waals surface area (Å²) in [7, 11) is -3.96. The molecule has 1 aliphatic heterocycles. The minimum Gasteiger partial charge on any atom is -0.506 e. The highest BCUT2D eigenvalue weighted by molar-refractivity contribution is 7.92. The second-order valence-corrected chi connectivity index (χ2v) is 11.6. The van der Waals surface area contributed by atoms with Gasteiger partial charge in [0, 0.05) is 12.1 Å². The summed E-state index contributed by atoms with van der Waals surface area (Å²) >= 11 is 0. The number of carbonyl (C=O) groups excluding carboxylic acids is 2. The lowest BCUT2D eigenvalue weighted by atomic mass is 9.53. The topological polar surface area (TPSA) is 128 Å². The average molecular weight is 463 g/mol. The van der Waals surface area contributed by atoms with Gasteiger partial charge < -0.3 is 15.7 Å². The molecule has 4 N–H and O–H groups in total. The van der Waals surface area contributed by atoms with Crippen molar-refractivity contribution < 1.29 is 23.1 Å². The van der Waals surface area contributed by atoms with E-state index in [1.165, 1.54) is 31.4 Å². The van der Waals surface area contributed by atoms with Gasteiger partial charge in [-0.15, -0.1) is 0 Å².